The largest absolute Gasteiger partial charge is 0.352 e. The molecule has 0 aromatic heterocycles. The quantitative estimate of drug-likeness (QED) is 0.494. The van der Waals surface area contributed by atoms with Crippen LogP contribution in [-0.4, -0.2) is 19.0 Å². The van der Waals surface area contributed by atoms with Gasteiger partial charge < -0.3 is 9.47 Å². The minimum Gasteiger partial charge on any atom is -0.352 e. The van der Waals surface area contributed by atoms with E-state index in [1.165, 1.54) is 5.57 Å². The number of ether oxygens (including phenoxy) is 2. The fourth-order valence-electron chi connectivity index (χ4n) is 1.89. The minimum absolute atomic E-state index is 0.0119. The van der Waals surface area contributed by atoms with Gasteiger partial charge in [0, 0.05) is 5.92 Å². The molecule has 0 radical (unpaired) electrons. The fourth-order valence-corrected chi connectivity index (χ4v) is 1.89. The van der Waals surface area contributed by atoms with Crippen LogP contribution in [0.15, 0.2) is 12.2 Å². The number of fused-ring (bicyclic) bond motifs is 1. The van der Waals surface area contributed by atoms with Crippen molar-refractivity contribution in [3.63, 3.8) is 0 Å². The summed E-state index contributed by atoms with van der Waals surface area (Å²) in [5.74, 6) is 0.478. The maximum Gasteiger partial charge on any atom is 0.155 e. The number of hydrogen-bond acceptors (Lipinski definition) is 2. The van der Waals surface area contributed by atoms with Gasteiger partial charge in [-0.05, 0) is 19.8 Å². The molecule has 11 heavy (non-hydrogen) atoms. The molecular weight excluding hydrogens is 140 g/mol. The van der Waals surface area contributed by atoms with E-state index in [1.54, 1.807) is 0 Å². The van der Waals surface area contributed by atoms with Gasteiger partial charge in [0.25, 0.3) is 0 Å². The van der Waals surface area contributed by atoms with Crippen LogP contribution in [0.1, 0.15) is 19.8 Å². The Labute approximate surface area is 67.2 Å². The normalized spacial score (nSPS) is 44.1. The Balaban J connectivity index is 2.06. The van der Waals surface area contributed by atoms with E-state index >= 15 is 0 Å². The summed E-state index contributed by atoms with van der Waals surface area (Å²) in [6.07, 6.45) is 2.64. The van der Waals surface area contributed by atoms with Gasteiger partial charge in [0.05, 0.1) is 12.7 Å². The maximum atomic E-state index is 5.60. The van der Waals surface area contributed by atoms with Gasteiger partial charge in [0.15, 0.2) is 6.29 Å². The van der Waals surface area contributed by atoms with Gasteiger partial charge in [-0.1, -0.05) is 12.2 Å². The maximum absolute atomic E-state index is 5.60. The standard InChI is InChI=1S/C9H14O2/c1-6-3-4-9-8(6)5-10-7(2)11-9/h7-9H,1,3-5H2,2H3/t7-,8-,9-/m0/s1. The highest BCUT2D eigenvalue weighted by Crippen LogP contribution is 2.36. The first-order valence-corrected chi connectivity index (χ1v) is 4.22. The van der Waals surface area contributed by atoms with Crippen molar-refractivity contribution < 1.29 is 9.47 Å². The second-order valence-electron chi connectivity index (χ2n) is 3.38. The third-order valence-corrected chi connectivity index (χ3v) is 2.60. The zero-order chi connectivity index (χ0) is 7.84. The molecule has 3 atom stereocenters. The lowest BCUT2D eigenvalue weighted by atomic mass is 10.0. The van der Waals surface area contributed by atoms with Crippen LogP contribution in [0.3, 0.4) is 0 Å². The van der Waals surface area contributed by atoms with E-state index in [0.717, 1.165) is 19.4 Å². The Kier molecular flexibility index (Phi) is 1.74. The Morgan fingerprint density at radius 2 is 2.36 bits per heavy atom. The van der Waals surface area contributed by atoms with E-state index in [4.69, 9.17) is 9.47 Å². The summed E-state index contributed by atoms with van der Waals surface area (Å²) in [5.41, 5.74) is 1.31. The first kappa shape index (κ1) is 7.32. The van der Waals surface area contributed by atoms with Crippen LogP contribution in [0, 0.1) is 5.92 Å². The summed E-state index contributed by atoms with van der Waals surface area (Å²) in [7, 11) is 0. The molecule has 1 heterocycles. The molecule has 2 nitrogen and oxygen atoms in total. The van der Waals surface area contributed by atoms with Crippen LogP contribution < -0.4 is 0 Å². The molecule has 0 aromatic carbocycles. The van der Waals surface area contributed by atoms with Crippen molar-refractivity contribution in [3.05, 3.63) is 12.2 Å². The third kappa shape index (κ3) is 1.21. The Morgan fingerprint density at radius 3 is 3.18 bits per heavy atom. The molecule has 2 aliphatic rings. The zero-order valence-corrected chi connectivity index (χ0v) is 6.88. The summed E-state index contributed by atoms with van der Waals surface area (Å²) in [6.45, 7) is 6.77. The molecule has 0 unspecified atom stereocenters. The molecule has 1 saturated carbocycles. The lowest BCUT2D eigenvalue weighted by Crippen LogP contribution is -2.35. The molecule has 2 rings (SSSR count). The third-order valence-electron chi connectivity index (χ3n) is 2.60. The van der Waals surface area contributed by atoms with Crippen molar-refractivity contribution in [2.45, 2.75) is 32.2 Å². The van der Waals surface area contributed by atoms with E-state index < -0.39 is 0 Å². The van der Waals surface area contributed by atoms with Crippen molar-refractivity contribution >= 4 is 0 Å². The van der Waals surface area contributed by atoms with E-state index in [9.17, 15) is 0 Å². The summed E-state index contributed by atoms with van der Waals surface area (Å²) in [6, 6.07) is 0. The van der Waals surface area contributed by atoms with Crippen LogP contribution in [-0.2, 0) is 9.47 Å². The molecule has 1 saturated heterocycles. The molecule has 1 aliphatic carbocycles. The van der Waals surface area contributed by atoms with Gasteiger partial charge in [-0.25, -0.2) is 0 Å². The molecule has 2 fully saturated rings. The Morgan fingerprint density at radius 1 is 1.55 bits per heavy atom. The fraction of sp³-hybridized carbons (Fsp3) is 0.778. The second kappa shape index (κ2) is 2.61. The number of hydrogen-bond donors (Lipinski definition) is 0. The molecule has 1 aliphatic heterocycles. The van der Waals surface area contributed by atoms with E-state index in [2.05, 4.69) is 6.58 Å². The van der Waals surface area contributed by atoms with Crippen molar-refractivity contribution in [2.24, 2.45) is 5.92 Å². The Bertz CT molecular complexity index is 176. The van der Waals surface area contributed by atoms with E-state index in [1.807, 2.05) is 6.92 Å². The molecule has 0 spiro atoms. The summed E-state index contributed by atoms with van der Waals surface area (Å²) >= 11 is 0. The summed E-state index contributed by atoms with van der Waals surface area (Å²) in [5, 5.41) is 0. The molecule has 2 heteroatoms. The molecule has 0 aromatic rings. The summed E-state index contributed by atoms with van der Waals surface area (Å²) < 4.78 is 11.0. The van der Waals surface area contributed by atoms with Crippen molar-refractivity contribution in [2.75, 3.05) is 6.61 Å². The molecule has 0 bridgehead atoms. The van der Waals surface area contributed by atoms with Gasteiger partial charge >= 0.3 is 0 Å². The first-order valence-electron chi connectivity index (χ1n) is 4.22. The highest BCUT2D eigenvalue weighted by atomic mass is 16.7. The van der Waals surface area contributed by atoms with Crippen molar-refractivity contribution in [3.8, 4) is 0 Å². The lowest BCUT2D eigenvalue weighted by molar-refractivity contribution is -0.214. The van der Waals surface area contributed by atoms with Crippen LogP contribution in [0.5, 0.6) is 0 Å². The highest BCUT2D eigenvalue weighted by molar-refractivity contribution is 5.10. The van der Waals surface area contributed by atoms with Crippen molar-refractivity contribution in [1.82, 2.24) is 0 Å². The van der Waals surface area contributed by atoms with Gasteiger partial charge in [0.1, 0.15) is 0 Å². The number of rotatable bonds is 0. The Hall–Kier alpha value is -0.340. The molecule has 0 amide bonds. The molecule has 0 N–H and O–H groups in total. The SMILES string of the molecule is C=C1CC[C@@H]2O[C@@H](C)OC[C@@H]12. The van der Waals surface area contributed by atoms with Crippen LogP contribution in [0.25, 0.3) is 0 Å². The van der Waals surface area contributed by atoms with Crippen LogP contribution in [0.4, 0.5) is 0 Å². The van der Waals surface area contributed by atoms with Gasteiger partial charge in [0.2, 0.25) is 0 Å². The smallest absolute Gasteiger partial charge is 0.155 e. The molecule has 62 valence electrons. The van der Waals surface area contributed by atoms with E-state index in [0.29, 0.717) is 12.0 Å². The lowest BCUT2D eigenvalue weighted by Gasteiger charge is -2.30. The average Bonchev–Trinajstić information content (AvgIpc) is 2.32. The van der Waals surface area contributed by atoms with Gasteiger partial charge in [-0.3, -0.25) is 0 Å². The average molecular weight is 154 g/mol. The predicted octanol–water partition coefficient (Wildman–Crippen LogP) is 1.71. The topological polar surface area (TPSA) is 18.5 Å². The molecular formula is C9H14O2. The monoisotopic (exact) mass is 154 g/mol. The zero-order valence-electron chi connectivity index (χ0n) is 6.88. The van der Waals surface area contributed by atoms with Crippen LogP contribution in [0.2, 0.25) is 0 Å². The van der Waals surface area contributed by atoms with Crippen LogP contribution >= 0.6 is 0 Å². The summed E-state index contributed by atoms with van der Waals surface area (Å²) in [4.78, 5) is 0. The van der Waals surface area contributed by atoms with Gasteiger partial charge in [-0.2, -0.15) is 0 Å². The van der Waals surface area contributed by atoms with Gasteiger partial charge in [-0.15, -0.1) is 0 Å². The van der Waals surface area contributed by atoms with E-state index in [-0.39, 0.29) is 6.29 Å². The minimum atomic E-state index is -0.0119. The second-order valence-corrected chi connectivity index (χ2v) is 3.38. The van der Waals surface area contributed by atoms with Crippen molar-refractivity contribution in [1.29, 1.82) is 0 Å². The highest BCUT2D eigenvalue weighted by Gasteiger charge is 2.36. The predicted molar refractivity (Wildman–Crippen MR) is 42.2 cm³/mol. The first-order chi connectivity index (χ1) is 5.27.